The van der Waals surface area contributed by atoms with Crippen LogP contribution >= 0.6 is 0 Å². The van der Waals surface area contributed by atoms with Crippen LogP contribution in [0.1, 0.15) is 44.6 Å². The standard InChI is InChI=1S/C18H29NO/c1-2-6-16-9-10-17(14-19)18(13-16)20-12-11-15-7-4-3-5-8-15/h3-5,7-8,16-18H,2,6,9-14,19H2,1H3. The summed E-state index contributed by atoms with van der Waals surface area (Å²) in [5, 5.41) is 0. The van der Waals surface area contributed by atoms with Crippen LogP contribution in [-0.2, 0) is 11.2 Å². The van der Waals surface area contributed by atoms with Gasteiger partial charge in [0.1, 0.15) is 0 Å². The Labute approximate surface area is 123 Å². The van der Waals surface area contributed by atoms with Gasteiger partial charge in [0.2, 0.25) is 0 Å². The highest BCUT2D eigenvalue weighted by molar-refractivity contribution is 5.14. The number of hydrogen-bond donors (Lipinski definition) is 1. The molecule has 0 spiro atoms. The van der Waals surface area contributed by atoms with Crippen LogP contribution in [0.5, 0.6) is 0 Å². The van der Waals surface area contributed by atoms with E-state index in [-0.39, 0.29) is 0 Å². The van der Waals surface area contributed by atoms with Gasteiger partial charge in [0.15, 0.2) is 0 Å². The second-order valence-corrected chi connectivity index (χ2v) is 6.11. The van der Waals surface area contributed by atoms with Crippen LogP contribution in [0.2, 0.25) is 0 Å². The molecule has 112 valence electrons. The number of hydrogen-bond acceptors (Lipinski definition) is 2. The van der Waals surface area contributed by atoms with Crippen molar-refractivity contribution < 1.29 is 4.74 Å². The Morgan fingerprint density at radius 3 is 2.70 bits per heavy atom. The van der Waals surface area contributed by atoms with Crippen LogP contribution in [0.3, 0.4) is 0 Å². The molecule has 20 heavy (non-hydrogen) atoms. The Bertz CT molecular complexity index is 365. The van der Waals surface area contributed by atoms with E-state index in [4.69, 9.17) is 10.5 Å². The average molecular weight is 275 g/mol. The molecule has 1 saturated carbocycles. The highest BCUT2D eigenvalue weighted by atomic mass is 16.5. The van der Waals surface area contributed by atoms with Gasteiger partial charge in [-0.25, -0.2) is 0 Å². The first-order chi connectivity index (χ1) is 9.83. The number of nitrogens with two attached hydrogens (primary N) is 1. The maximum atomic E-state index is 6.19. The summed E-state index contributed by atoms with van der Waals surface area (Å²) in [7, 11) is 0. The van der Waals surface area contributed by atoms with E-state index in [2.05, 4.69) is 37.3 Å². The molecular formula is C18H29NO. The van der Waals surface area contributed by atoms with Crippen LogP contribution in [-0.4, -0.2) is 19.3 Å². The fraction of sp³-hybridized carbons (Fsp3) is 0.667. The fourth-order valence-corrected chi connectivity index (χ4v) is 3.39. The van der Waals surface area contributed by atoms with Crippen molar-refractivity contribution in [3.05, 3.63) is 35.9 Å². The minimum atomic E-state index is 0.383. The summed E-state index contributed by atoms with van der Waals surface area (Å²) in [6, 6.07) is 10.6. The summed E-state index contributed by atoms with van der Waals surface area (Å²) in [6.45, 7) is 3.87. The van der Waals surface area contributed by atoms with E-state index in [1.165, 1.54) is 37.7 Å². The predicted molar refractivity (Wildman–Crippen MR) is 84.7 cm³/mol. The molecule has 1 aliphatic rings. The van der Waals surface area contributed by atoms with E-state index in [1.807, 2.05) is 0 Å². The summed E-state index contributed by atoms with van der Waals surface area (Å²) >= 11 is 0. The Morgan fingerprint density at radius 1 is 1.20 bits per heavy atom. The number of ether oxygens (including phenoxy) is 1. The largest absolute Gasteiger partial charge is 0.378 e. The van der Waals surface area contributed by atoms with Gasteiger partial charge in [0, 0.05) is 0 Å². The average Bonchev–Trinajstić information content (AvgIpc) is 2.49. The summed E-state index contributed by atoms with van der Waals surface area (Å²) in [5.41, 5.74) is 7.27. The van der Waals surface area contributed by atoms with E-state index < -0.39 is 0 Å². The summed E-state index contributed by atoms with van der Waals surface area (Å²) in [6.07, 6.45) is 7.82. The first-order valence-corrected chi connectivity index (χ1v) is 8.19. The SMILES string of the molecule is CCCC1CCC(CN)C(OCCc2ccccc2)C1. The lowest BCUT2D eigenvalue weighted by Gasteiger charge is -2.35. The van der Waals surface area contributed by atoms with Crippen LogP contribution < -0.4 is 5.73 Å². The topological polar surface area (TPSA) is 35.2 Å². The van der Waals surface area contributed by atoms with Gasteiger partial charge in [-0.15, -0.1) is 0 Å². The van der Waals surface area contributed by atoms with Crippen LogP contribution in [0.4, 0.5) is 0 Å². The van der Waals surface area contributed by atoms with Crippen LogP contribution in [0, 0.1) is 11.8 Å². The van der Waals surface area contributed by atoms with Crippen molar-refractivity contribution in [3.8, 4) is 0 Å². The highest BCUT2D eigenvalue weighted by Crippen LogP contribution is 2.33. The van der Waals surface area contributed by atoms with E-state index in [1.54, 1.807) is 0 Å². The van der Waals surface area contributed by atoms with Crippen molar-refractivity contribution in [1.82, 2.24) is 0 Å². The zero-order chi connectivity index (χ0) is 14.2. The molecule has 0 radical (unpaired) electrons. The molecule has 1 aromatic rings. The maximum Gasteiger partial charge on any atom is 0.0618 e. The molecule has 3 atom stereocenters. The van der Waals surface area contributed by atoms with Crippen molar-refractivity contribution in [1.29, 1.82) is 0 Å². The predicted octanol–water partition coefficient (Wildman–Crippen LogP) is 3.79. The lowest BCUT2D eigenvalue weighted by molar-refractivity contribution is -0.0230. The van der Waals surface area contributed by atoms with Gasteiger partial charge in [-0.2, -0.15) is 0 Å². The first kappa shape index (κ1) is 15.5. The van der Waals surface area contributed by atoms with E-state index in [0.29, 0.717) is 12.0 Å². The smallest absolute Gasteiger partial charge is 0.0618 e. The van der Waals surface area contributed by atoms with Gasteiger partial charge < -0.3 is 10.5 Å². The van der Waals surface area contributed by atoms with E-state index >= 15 is 0 Å². The second kappa shape index (κ2) is 8.43. The molecule has 1 fully saturated rings. The molecule has 1 aromatic carbocycles. The minimum absolute atomic E-state index is 0.383. The van der Waals surface area contributed by atoms with Crippen LogP contribution in [0.15, 0.2) is 30.3 Å². The van der Waals surface area contributed by atoms with E-state index in [0.717, 1.165) is 25.5 Å². The van der Waals surface area contributed by atoms with Crippen LogP contribution in [0.25, 0.3) is 0 Å². The van der Waals surface area contributed by atoms with E-state index in [9.17, 15) is 0 Å². The third kappa shape index (κ3) is 4.60. The molecule has 1 aliphatic carbocycles. The number of rotatable bonds is 7. The monoisotopic (exact) mass is 275 g/mol. The van der Waals surface area contributed by atoms with Gasteiger partial charge in [0.25, 0.3) is 0 Å². The molecule has 2 N–H and O–H groups in total. The first-order valence-electron chi connectivity index (χ1n) is 8.19. The molecule has 2 nitrogen and oxygen atoms in total. The third-order valence-electron chi connectivity index (χ3n) is 4.60. The molecule has 2 heteroatoms. The Balaban J connectivity index is 1.79. The Morgan fingerprint density at radius 2 is 2.00 bits per heavy atom. The van der Waals surface area contributed by atoms with Crippen molar-refractivity contribution in [2.45, 2.75) is 51.6 Å². The molecule has 0 saturated heterocycles. The minimum Gasteiger partial charge on any atom is -0.378 e. The van der Waals surface area contributed by atoms with Crippen molar-refractivity contribution >= 4 is 0 Å². The van der Waals surface area contributed by atoms with Crippen molar-refractivity contribution in [2.24, 2.45) is 17.6 Å². The van der Waals surface area contributed by atoms with Gasteiger partial charge in [0.05, 0.1) is 12.7 Å². The van der Waals surface area contributed by atoms with Gasteiger partial charge in [-0.1, -0.05) is 50.1 Å². The lowest BCUT2D eigenvalue weighted by Crippen LogP contribution is -2.36. The van der Waals surface area contributed by atoms with Crippen molar-refractivity contribution in [2.75, 3.05) is 13.2 Å². The van der Waals surface area contributed by atoms with Gasteiger partial charge >= 0.3 is 0 Å². The molecule has 0 amide bonds. The highest BCUT2D eigenvalue weighted by Gasteiger charge is 2.29. The maximum absolute atomic E-state index is 6.19. The summed E-state index contributed by atoms with van der Waals surface area (Å²) < 4.78 is 6.19. The van der Waals surface area contributed by atoms with Gasteiger partial charge in [-0.3, -0.25) is 0 Å². The normalized spacial score (nSPS) is 26.6. The molecule has 3 unspecified atom stereocenters. The summed E-state index contributed by atoms with van der Waals surface area (Å²) in [4.78, 5) is 0. The molecule has 0 aliphatic heterocycles. The Kier molecular flexibility index (Phi) is 6.55. The zero-order valence-corrected chi connectivity index (χ0v) is 12.8. The number of benzene rings is 1. The molecular weight excluding hydrogens is 246 g/mol. The van der Waals surface area contributed by atoms with Gasteiger partial charge in [-0.05, 0) is 49.6 Å². The fourth-order valence-electron chi connectivity index (χ4n) is 3.39. The quantitative estimate of drug-likeness (QED) is 0.821. The lowest BCUT2D eigenvalue weighted by atomic mass is 9.78. The molecule has 0 heterocycles. The molecule has 2 rings (SSSR count). The summed E-state index contributed by atoms with van der Waals surface area (Å²) in [5.74, 6) is 1.42. The second-order valence-electron chi connectivity index (χ2n) is 6.11. The molecule has 0 aromatic heterocycles. The third-order valence-corrected chi connectivity index (χ3v) is 4.60. The molecule has 0 bridgehead atoms. The van der Waals surface area contributed by atoms with Crippen molar-refractivity contribution in [3.63, 3.8) is 0 Å². The zero-order valence-electron chi connectivity index (χ0n) is 12.8. The Hall–Kier alpha value is -0.860.